The molecular formula is C10H12N2O3. The van der Waals surface area contributed by atoms with Crippen LogP contribution >= 0.6 is 0 Å². The summed E-state index contributed by atoms with van der Waals surface area (Å²) in [5.41, 5.74) is 0. The standard InChI is InChI=1S/C10H12N2O3/c1-7-2-3-8(15-7)6-12-5-4-9(13)11-10(12)14/h2-3H,4-6H2,1H3,(H,11,13,14). The highest BCUT2D eigenvalue weighted by Crippen LogP contribution is 2.11. The van der Waals surface area contributed by atoms with Gasteiger partial charge in [0.1, 0.15) is 11.5 Å². The summed E-state index contributed by atoms with van der Waals surface area (Å²) in [6, 6.07) is 3.33. The van der Waals surface area contributed by atoms with Crippen LogP contribution in [0.4, 0.5) is 4.79 Å². The lowest BCUT2D eigenvalue weighted by atomic mass is 10.3. The van der Waals surface area contributed by atoms with Gasteiger partial charge in [-0.3, -0.25) is 10.1 Å². The zero-order chi connectivity index (χ0) is 10.8. The van der Waals surface area contributed by atoms with Crippen LogP contribution in [0.1, 0.15) is 17.9 Å². The predicted octanol–water partition coefficient (Wildman–Crippen LogP) is 1.03. The van der Waals surface area contributed by atoms with E-state index in [1.54, 1.807) is 4.90 Å². The van der Waals surface area contributed by atoms with Crippen LogP contribution in [0, 0.1) is 6.92 Å². The molecule has 0 saturated carbocycles. The van der Waals surface area contributed by atoms with Crippen molar-refractivity contribution in [2.24, 2.45) is 0 Å². The third kappa shape index (κ3) is 2.18. The number of furan rings is 1. The van der Waals surface area contributed by atoms with Gasteiger partial charge in [0.2, 0.25) is 5.91 Å². The average Bonchev–Trinajstić information content (AvgIpc) is 2.56. The Kier molecular flexibility index (Phi) is 2.45. The van der Waals surface area contributed by atoms with Crippen molar-refractivity contribution in [3.8, 4) is 0 Å². The second-order valence-corrected chi connectivity index (χ2v) is 3.54. The van der Waals surface area contributed by atoms with Crippen molar-refractivity contribution < 1.29 is 14.0 Å². The second-order valence-electron chi connectivity index (χ2n) is 3.54. The van der Waals surface area contributed by atoms with E-state index in [9.17, 15) is 9.59 Å². The van der Waals surface area contributed by atoms with Crippen molar-refractivity contribution in [3.05, 3.63) is 23.7 Å². The van der Waals surface area contributed by atoms with Gasteiger partial charge in [0.05, 0.1) is 6.54 Å². The minimum Gasteiger partial charge on any atom is -0.464 e. The number of urea groups is 1. The molecule has 1 aromatic heterocycles. The van der Waals surface area contributed by atoms with Crippen LogP contribution in [-0.4, -0.2) is 23.4 Å². The molecule has 0 aromatic carbocycles. The number of nitrogens with zero attached hydrogens (tertiary/aromatic N) is 1. The molecule has 0 unspecified atom stereocenters. The molecule has 1 aliphatic rings. The molecule has 5 heteroatoms. The lowest BCUT2D eigenvalue weighted by Gasteiger charge is -2.25. The second kappa shape index (κ2) is 3.76. The van der Waals surface area contributed by atoms with Crippen LogP contribution in [0.3, 0.4) is 0 Å². The molecular weight excluding hydrogens is 196 g/mol. The molecule has 80 valence electrons. The topological polar surface area (TPSA) is 62.6 Å². The summed E-state index contributed by atoms with van der Waals surface area (Å²) in [6.45, 7) is 2.71. The number of hydrogen-bond donors (Lipinski definition) is 1. The van der Waals surface area contributed by atoms with E-state index in [2.05, 4.69) is 5.32 Å². The largest absolute Gasteiger partial charge is 0.464 e. The fourth-order valence-electron chi connectivity index (χ4n) is 1.51. The van der Waals surface area contributed by atoms with Crippen LogP contribution in [0.2, 0.25) is 0 Å². The van der Waals surface area contributed by atoms with Crippen molar-refractivity contribution in [3.63, 3.8) is 0 Å². The van der Waals surface area contributed by atoms with E-state index >= 15 is 0 Å². The average molecular weight is 208 g/mol. The first kappa shape index (κ1) is 9.76. The Morgan fingerprint density at radius 3 is 2.87 bits per heavy atom. The Hall–Kier alpha value is -1.78. The lowest BCUT2D eigenvalue weighted by molar-refractivity contribution is -0.121. The molecule has 1 saturated heterocycles. The summed E-state index contributed by atoms with van der Waals surface area (Å²) in [6.07, 6.45) is 0.353. The van der Waals surface area contributed by atoms with Gasteiger partial charge in [-0.05, 0) is 19.1 Å². The summed E-state index contributed by atoms with van der Waals surface area (Å²) in [7, 11) is 0. The first-order chi connectivity index (χ1) is 7.15. The molecule has 1 fully saturated rings. The van der Waals surface area contributed by atoms with Crippen molar-refractivity contribution in [1.29, 1.82) is 0 Å². The maximum Gasteiger partial charge on any atom is 0.324 e. The van der Waals surface area contributed by atoms with Gasteiger partial charge in [-0.15, -0.1) is 0 Å². The van der Waals surface area contributed by atoms with E-state index in [-0.39, 0.29) is 11.9 Å². The van der Waals surface area contributed by atoms with Gasteiger partial charge in [0.25, 0.3) is 0 Å². The molecule has 15 heavy (non-hydrogen) atoms. The SMILES string of the molecule is Cc1ccc(CN2CCC(=O)NC2=O)o1. The van der Waals surface area contributed by atoms with Crippen molar-refractivity contribution in [2.75, 3.05) is 6.54 Å². The molecule has 0 aliphatic carbocycles. The number of rotatable bonds is 2. The maximum atomic E-state index is 11.4. The molecule has 0 bridgehead atoms. The summed E-state index contributed by atoms with van der Waals surface area (Å²) in [4.78, 5) is 23.8. The van der Waals surface area contributed by atoms with Crippen LogP contribution < -0.4 is 5.32 Å². The maximum absolute atomic E-state index is 11.4. The van der Waals surface area contributed by atoms with E-state index in [1.165, 1.54) is 0 Å². The smallest absolute Gasteiger partial charge is 0.324 e. The molecule has 0 radical (unpaired) electrons. The highest BCUT2D eigenvalue weighted by molar-refractivity contribution is 5.96. The van der Waals surface area contributed by atoms with Gasteiger partial charge >= 0.3 is 6.03 Å². The van der Waals surface area contributed by atoms with Crippen LogP contribution in [-0.2, 0) is 11.3 Å². The number of amides is 3. The molecule has 1 aliphatic heterocycles. The normalized spacial score (nSPS) is 16.7. The monoisotopic (exact) mass is 208 g/mol. The Morgan fingerprint density at radius 2 is 2.27 bits per heavy atom. The van der Waals surface area contributed by atoms with Gasteiger partial charge in [0.15, 0.2) is 0 Å². The fourth-order valence-corrected chi connectivity index (χ4v) is 1.51. The number of imide groups is 1. The molecule has 3 amide bonds. The van der Waals surface area contributed by atoms with Gasteiger partial charge in [-0.25, -0.2) is 4.79 Å². The summed E-state index contributed by atoms with van der Waals surface area (Å²) in [5.74, 6) is 1.34. The number of aryl methyl sites for hydroxylation is 1. The van der Waals surface area contributed by atoms with E-state index in [1.807, 2.05) is 19.1 Å². The number of carbonyl (C=O) groups excluding carboxylic acids is 2. The molecule has 0 atom stereocenters. The van der Waals surface area contributed by atoms with E-state index in [4.69, 9.17) is 4.42 Å². The Morgan fingerprint density at radius 1 is 1.47 bits per heavy atom. The van der Waals surface area contributed by atoms with Crippen LogP contribution in [0.25, 0.3) is 0 Å². The molecule has 2 rings (SSSR count). The number of nitrogens with one attached hydrogen (secondary N) is 1. The zero-order valence-electron chi connectivity index (χ0n) is 8.45. The first-order valence-electron chi connectivity index (χ1n) is 4.79. The molecule has 5 nitrogen and oxygen atoms in total. The summed E-state index contributed by atoms with van der Waals surface area (Å²) < 4.78 is 5.35. The lowest BCUT2D eigenvalue weighted by Crippen LogP contribution is -2.48. The van der Waals surface area contributed by atoms with Gasteiger partial charge < -0.3 is 9.32 Å². The van der Waals surface area contributed by atoms with E-state index in [0.29, 0.717) is 19.5 Å². The van der Waals surface area contributed by atoms with E-state index < -0.39 is 0 Å². The molecule has 2 heterocycles. The van der Waals surface area contributed by atoms with Gasteiger partial charge in [0, 0.05) is 13.0 Å². The highest BCUT2D eigenvalue weighted by Gasteiger charge is 2.23. The molecule has 1 N–H and O–H groups in total. The van der Waals surface area contributed by atoms with Crippen LogP contribution in [0.15, 0.2) is 16.5 Å². The minimum absolute atomic E-state index is 0.216. The van der Waals surface area contributed by atoms with Crippen molar-refractivity contribution >= 4 is 11.9 Å². The van der Waals surface area contributed by atoms with Gasteiger partial charge in [-0.1, -0.05) is 0 Å². The Labute approximate surface area is 87.0 Å². The summed E-state index contributed by atoms with van der Waals surface area (Å²) in [5, 5.41) is 2.26. The van der Waals surface area contributed by atoms with E-state index in [0.717, 1.165) is 11.5 Å². The van der Waals surface area contributed by atoms with Crippen LogP contribution in [0.5, 0.6) is 0 Å². The van der Waals surface area contributed by atoms with Gasteiger partial charge in [-0.2, -0.15) is 0 Å². The summed E-state index contributed by atoms with van der Waals surface area (Å²) >= 11 is 0. The fraction of sp³-hybridized carbons (Fsp3) is 0.400. The minimum atomic E-state index is -0.347. The quantitative estimate of drug-likeness (QED) is 0.789. The number of carbonyl (C=O) groups is 2. The Bertz CT molecular complexity index is 397. The number of hydrogen-bond acceptors (Lipinski definition) is 3. The zero-order valence-corrected chi connectivity index (χ0v) is 8.45. The predicted molar refractivity (Wildman–Crippen MR) is 52.0 cm³/mol. The third-order valence-corrected chi connectivity index (χ3v) is 2.29. The van der Waals surface area contributed by atoms with Crippen molar-refractivity contribution in [2.45, 2.75) is 19.9 Å². The molecule has 0 spiro atoms. The highest BCUT2D eigenvalue weighted by atomic mass is 16.3. The third-order valence-electron chi connectivity index (χ3n) is 2.29. The Balaban J connectivity index is 2.00. The van der Waals surface area contributed by atoms with Crippen molar-refractivity contribution in [1.82, 2.24) is 10.2 Å². The first-order valence-corrected chi connectivity index (χ1v) is 4.79. The molecule has 1 aromatic rings.